The van der Waals surface area contributed by atoms with Crippen LogP contribution >= 0.6 is 22.6 Å². The van der Waals surface area contributed by atoms with E-state index >= 15 is 0 Å². The summed E-state index contributed by atoms with van der Waals surface area (Å²) >= 11 is 2.59. The van der Waals surface area contributed by atoms with Gasteiger partial charge in [0.15, 0.2) is 0 Å². The average molecular weight is 268 g/mol. The molecule has 0 bridgehead atoms. The monoisotopic (exact) mass is 268 g/mol. The molecule has 0 aromatic heterocycles. The van der Waals surface area contributed by atoms with Crippen molar-refractivity contribution in [2.45, 2.75) is 62.7 Å². The number of hydrogen-bond donors (Lipinski definition) is 0. The molecule has 0 heterocycles. The van der Waals surface area contributed by atoms with Gasteiger partial charge >= 0.3 is 0 Å². The second-order valence-corrected chi connectivity index (χ2v) is 6.18. The molecule has 0 saturated carbocycles. The molecule has 0 rings (SSSR count). The zero-order chi connectivity index (χ0) is 8.74. The van der Waals surface area contributed by atoms with Gasteiger partial charge in [-0.25, -0.2) is 0 Å². The number of hydrogen-bond acceptors (Lipinski definition) is 0. The molecule has 0 N–H and O–H groups in total. The lowest BCUT2D eigenvalue weighted by atomic mass is 10.0. The summed E-state index contributed by atoms with van der Waals surface area (Å²) in [6.07, 6.45) is 8.31. The van der Waals surface area contributed by atoms with Crippen LogP contribution < -0.4 is 0 Å². The molecule has 0 aromatic carbocycles. The summed E-state index contributed by atoms with van der Waals surface area (Å²) in [5, 5.41) is 0. The first kappa shape index (κ1) is 11.7. The van der Waals surface area contributed by atoms with Gasteiger partial charge < -0.3 is 0 Å². The van der Waals surface area contributed by atoms with E-state index in [2.05, 4.69) is 43.4 Å². The van der Waals surface area contributed by atoms with Gasteiger partial charge in [-0.1, -0.05) is 69.0 Å². The van der Waals surface area contributed by atoms with E-state index < -0.39 is 0 Å². The lowest BCUT2D eigenvalue weighted by Gasteiger charge is -2.19. The summed E-state index contributed by atoms with van der Waals surface area (Å²) in [6, 6.07) is 0. The van der Waals surface area contributed by atoms with Gasteiger partial charge in [0.25, 0.3) is 0 Å². The van der Waals surface area contributed by atoms with Gasteiger partial charge in [0, 0.05) is 3.42 Å². The molecule has 0 aliphatic carbocycles. The Morgan fingerprint density at radius 2 is 1.73 bits per heavy atom. The fraction of sp³-hybridized carbons (Fsp3) is 1.00. The van der Waals surface area contributed by atoms with Crippen LogP contribution in [0.4, 0.5) is 0 Å². The molecule has 11 heavy (non-hydrogen) atoms. The molecule has 68 valence electrons. The number of unbranched alkanes of at least 4 members (excludes halogenated alkanes) is 3. The van der Waals surface area contributed by atoms with E-state index in [0.717, 1.165) is 0 Å². The maximum Gasteiger partial charge on any atom is 0.0191 e. The van der Waals surface area contributed by atoms with Crippen molar-refractivity contribution in [3.8, 4) is 0 Å². The van der Waals surface area contributed by atoms with Gasteiger partial charge in [0.1, 0.15) is 0 Å². The molecule has 0 aromatic rings. The highest BCUT2D eigenvalue weighted by atomic mass is 127. The third-order valence-corrected chi connectivity index (χ3v) is 3.59. The molecular weight excluding hydrogens is 247 g/mol. The predicted octanol–water partition coefficient (Wildman–Crippen LogP) is 4.56. The van der Waals surface area contributed by atoms with Crippen molar-refractivity contribution < 1.29 is 0 Å². The molecule has 0 spiro atoms. The first-order chi connectivity index (χ1) is 5.12. The van der Waals surface area contributed by atoms with E-state index in [4.69, 9.17) is 0 Å². The minimum Gasteiger partial charge on any atom is -0.0792 e. The van der Waals surface area contributed by atoms with Crippen molar-refractivity contribution in [2.24, 2.45) is 0 Å². The molecule has 0 fully saturated rings. The highest BCUT2D eigenvalue weighted by Gasteiger charge is 2.15. The fourth-order valence-electron chi connectivity index (χ4n) is 1.10. The van der Waals surface area contributed by atoms with E-state index in [1.54, 1.807) is 0 Å². The summed E-state index contributed by atoms with van der Waals surface area (Å²) in [4.78, 5) is 0. The van der Waals surface area contributed by atoms with Crippen molar-refractivity contribution in [3.05, 3.63) is 0 Å². The molecule has 1 atom stereocenters. The van der Waals surface area contributed by atoms with Crippen LogP contribution in [0.3, 0.4) is 0 Å². The van der Waals surface area contributed by atoms with Crippen molar-refractivity contribution in [1.29, 1.82) is 0 Å². The summed E-state index contributed by atoms with van der Waals surface area (Å²) in [5.74, 6) is 0. The molecule has 0 radical (unpaired) electrons. The van der Waals surface area contributed by atoms with Gasteiger partial charge in [-0.3, -0.25) is 0 Å². The third-order valence-electron chi connectivity index (χ3n) is 2.29. The fourth-order valence-corrected chi connectivity index (χ4v) is 1.48. The molecule has 0 aliphatic rings. The normalized spacial score (nSPS) is 16.4. The van der Waals surface area contributed by atoms with E-state index in [0.29, 0.717) is 3.42 Å². The summed E-state index contributed by atoms with van der Waals surface area (Å²) < 4.78 is 0.561. The molecule has 0 aliphatic heterocycles. The minimum atomic E-state index is 0.561. The van der Waals surface area contributed by atoms with E-state index in [1.165, 1.54) is 38.5 Å². The van der Waals surface area contributed by atoms with Crippen molar-refractivity contribution in [2.75, 3.05) is 0 Å². The van der Waals surface area contributed by atoms with Crippen molar-refractivity contribution >= 4 is 22.6 Å². The smallest absolute Gasteiger partial charge is 0.0191 e. The van der Waals surface area contributed by atoms with E-state index in [-0.39, 0.29) is 0 Å². The van der Waals surface area contributed by atoms with Gasteiger partial charge in [0.05, 0.1) is 0 Å². The maximum atomic E-state index is 2.59. The Labute approximate surface area is 85.3 Å². The van der Waals surface area contributed by atoms with Gasteiger partial charge in [-0.05, 0) is 12.8 Å². The zero-order valence-corrected chi connectivity index (χ0v) is 10.3. The first-order valence-electron chi connectivity index (χ1n) is 4.81. The van der Waals surface area contributed by atoms with E-state index in [1.807, 2.05) is 0 Å². The van der Waals surface area contributed by atoms with Crippen LogP contribution in [-0.4, -0.2) is 3.42 Å². The lowest BCUT2D eigenvalue weighted by Crippen LogP contribution is -2.12. The van der Waals surface area contributed by atoms with Crippen LogP contribution in [0.5, 0.6) is 0 Å². The summed E-state index contributed by atoms with van der Waals surface area (Å²) in [6.45, 7) is 6.91. The summed E-state index contributed by atoms with van der Waals surface area (Å²) in [5.41, 5.74) is 0. The largest absolute Gasteiger partial charge is 0.0792 e. The Morgan fingerprint density at radius 3 is 2.18 bits per heavy atom. The van der Waals surface area contributed by atoms with Crippen molar-refractivity contribution in [3.63, 3.8) is 0 Å². The first-order valence-corrected chi connectivity index (χ1v) is 5.89. The molecule has 0 nitrogen and oxygen atoms in total. The third kappa shape index (κ3) is 7.10. The molecule has 0 saturated heterocycles. The maximum absolute atomic E-state index is 2.59. The second-order valence-electron chi connectivity index (χ2n) is 3.58. The molecular formula is C10H21I. The van der Waals surface area contributed by atoms with E-state index in [9.17, 15) is 0 Å². The van der Waals surface area contributed by atoms with Crippen LogP contribution in [0.2, 0.25) is 0 Å². The Balaban J connectivity index is 3.23. The zero-order valence-electron chi connectivity index (χ0n) is 8.12. The minimum absolute atomic E-state index is 0.561. The van der Waals surface area contributed by atoms with Gasteiger partial charge in [-0.2, -0.15) is 0 Å². The summed E-state index contributed by atoms with van der Waals surface area (Å²) in [7, 11) is 0. The Morgan fingerprint density at radius 1 is 1.09 bits per heavy atom. The van der Waals surface area contributed by atoms with Crippen molar-refractivity contribution in [1.82, 2.24) is 0 Å². The van der Waals surface area contributed by atoms with Crippen LogP contribution in [0.15, 0.2) is 0 Å². The van der Waals surface area contributed by atoms with Crippen LogP contribution in [0.1, 0.15) is 59.3 Å². The Kier molecular flexibility index (Phi) is 6.68. The SMILES string of the molecule is CCCCCCC(C)(I)CC. The number of alkyl halides is 1. The Bertz CT molecular complexity index is 86.9. The van der Waals surface area contributed by atoms with Crippen LogP contribution in [-0.2, 0) is 0 Å². The lowest BCUT2D eigenvalue weighted by molar-refractivity contribution is 0.537. The van der Waals surface area contributed by atoms with Crippen LogP contribution in [0, 0.1) is 0 Å². The molecule has 0 amide bonds. The van der Waals surface area contributed by atoms with Gasteiger partial charge in [0.2, 0.25) is 0 Å². The standard InChI is InChI=1S/C10H21I/c1-4-6-7-8-9-10(3,11)5-2/h4-9H2,1-3H3. The molecule has 1 heteroatoms. The predicted molar refractivity (Wildman–Crippen MR) is 61.5 cm³/mol. The average Bonchev–Trinajstić information content (AvgIpc) is 1.99. The second kappa shape index (κ2) is 6.27. The highest BCUT2D eigenvalue weighted by molar-refractivity contribution is 14.1. The van der Waals surface area contributed by atoms with Gasteiger partial charge in [-0.15, -0.1) is 0 Å². The number of halogens is 1. The Hall–Kier alpha value is 0.730. The topological polar surface area (TPSA) is 0 Å². The molecule has 1 unspecified atom stereocenters. The number of rotatable bonds is 6. The quantitative estimate of drug-likeness (QED) is 0.376. The van der Waals surface area contributed by atoms with Crippen LogP contribution in [0.25, 0.3) is 0 Å². The highest BCUT2D eigenvalue weighted by Crippen LogP contribution is 2.28.